The molecule has 6 heteroatoms. The highest BCUT2D eigenvalue weighted by Gasteiger charge is 2.07. The molecule has 2 aromatic carbocycles. The van der Waals surface area contributed by atoms with Gasteiger partial charge in [-0.05, 0) is 48.6 Å². The molecule has 0 bridgehead atoms. The molecule has 27 heavy (non-hydrogen) atoms. The van der Waals surface area contributed by atoms with E-state index in [9.17, 15) is 19.8 Å². The normalized spacial score (nSPS) is 11.0. The summed E-state index contributed by atoms with van der Waals surface area (Å²) in [5, 5.41) is 18.8. The highest BCUT2D eigenvalue weighted by Crippen LogP contribution is 2.25. The zero-order valence-corrected chi connectivity index (χ0v) is 15.0. The number of phenols is 2. The molecular weight excluding hydrogens is 348 g/mol. The van der Waals surface area contributed by atoms with Gasteiger partial charge in [0.25, 0.3) is 0 Å². The van der Waals surface area contributed by atoms with E-state index < -0.39 is 0 Å². The lowest BCUT2D eigenvalue weighted by molar-refractivity contribution is -0.121. The summed E-state index contributed by atoms with van der Waals surface area (Å²) in [5.74, 6) is 0.227. The Bertz CT molecular complexity index is 822. The van der Waals surface area contributed by atoms with Gasteiger partial charge in [-0.1, -0.05) is 0 Å². The lowest BCUT2D eigenvalue weighted by atomic mass is 10.1. The maximum absolute atomic E-state index is 12.0. The number of hydrogen-bond donors (Lipinski definition) is 2. The zero-order valence-electron chi connectivity index (χ0n) is 15.0. The molecule has 0 amide bonds. The first-order valence-corrected chi connectivity index (χ1v) is 8.08. The number of rotatable bonds is 8. The third-order valence-electron chi connectivity index (χ3n) is 3.68. The predicted octanol–water partition coefficient (Wildman–Crippen LogP) is 3.37. The van der Waals surface area contributed by atoms with Gasteiger partial charge in [-0.3, -0.25) is 9.59 Å². The number of methoxy groups -OCH3 is 2. The molecule has 0 radical (unpaired) electrons. The van der Waals surface area contributed by atoms with Gasteiger partial charge in [0, 0.05) is 23.3 Å². The Hall–Kier alpha value is -3.54. The van der Waals surface area contributed by atoms with E-state index >= 15 is 0 Å². The minimum absolute atomic E-state index is 0.0558. The summed E-state index contributed by atoms with van der Waals surface area (Å²) in [7, 11) is 2.92. The lowest BCUT2D eigenvalue weighted by Crippen LogP contribution is -2.02. The van der Waals surface area contributed by atoms with E-state index in [4.69, 9.17) is 9.47 Å². The number of carbonyl (C=O) groups is 2. The van der Waals surface area contributed by atoms with Crippen LogP contribution in [0.5, 0.6) is 23.0 Å². The van der Waals surface area contributed by atoms with Crippen molar-refractivity contribution in [1.82, 2.24) is 0 Å². The van der Waals surface area contributed by atoms with E-state index in [2.05, 4.69) is 0 Å². The quantitative estimate of drug-likeness (QED) is 0.548. The maximum atomic E-state index is 12.0. The van der Waals surface area contributed by atoms with Gasteiger partial charge in [0.1, 0.15) is 23.0 Å². The van der Waals surface area contributed by atoms with E-state index in [0.29, 0.717) is 22.6 Å². The molecule has 2 N–H and O–H groups in total. The fourth-order valence-corrected chi connectivity index (χ4v) is 2.33. The molecule has 0 aliphatic heterocycles. The van der Waals surface area contributed by atoms with Gasteiger partial charge in [0.05, 0.1) is 20.6 Å². The minimum Gasteiger partial charge on any atom is -0.508 e. The second kappa shape index (κ2) is 9.24. The fourth-order valence-electron chi connectivity index (χ4n) is 2.33. The van der Waals surface area contributed by atoms with Crippen LogP contribution in [0.2, 0.25) is 0 Å². The summed E-state index contributed by atoms with van der Waals surface area (Å²) in [6.45, 7) is 0. The summed E-state index contributed by atoms with van der Waals surface area (Å²) in [6.07, 6.45) is 5.36. The van der Waals surface area contributed by atoms with Crippen LogP contribution in [0.15, 0.2) is 48.6 Å². The Kier molecular flexibility index (Phi) is 6.77. The first-order valence-electron chi connectivity index (χ1n) is 8.08. The monoisotopic (exact) mass is 368 g/mol. The fraction of sp³-hybridized carbons (Fsp3) is 0.143. The highest BCUT2D eigenvalue weighted by atomic mass is 16.5. The van der Waals surface area contributed by atoms with E-state index in [0.717, 1.165) is 0 Å². The maximum Gasteiger partial charge on any atom is 0.163 e. The lowest BCUT2D eigenvalue weighted by Gasteiger charge is -2.05. The third kappa shape index (κ3) is 5.74. The molecule has 0 aromatic heterocycles. The van der Waals surface area contributed by atoms with Crippen molar-refractivity contribution in [2.75, 3.05) is 14.2 Å². The molecule has 2 aromatic rings. The van der Waals surface area contributed by atoms with Crippen LogP contribution in [0.25, 0.3) is 12.2 Å². The number of ether oxygens (including phenoxy) is 2. The van der Waals surface area contributed by atoms with Gasteiger partial charge in [0.2, 0.25) is 0 Å². The Labute approximate surface area is 157 Å². The average Bonchev–Trinajstić information content (AvgIpc) is 2.65. The molecule has 0 saturated carbocycles. The number of aromatic hydroxyl groups is 2. The number of ketones is 2. The van der Waals surface area contributed by atoms with Gasteiger partial charge in [-0.15, -0.1) is 0 Å². The molecule has 0 heterocycles. The van der Waals surface area contributed by atoms with E-state index in [1.54, 1.807) is 12.1 Å². The van der Waals surface area contributed by atoms with Crippen molar-refractivity contribution in [3.63, 3.8) is 0 Å². The number of phenolic OH excluding ortho intramolecular Hbond substituents is 2. The Morgan fingerprint density at radius 2 is 1.22 bits per heavy atom. The molecule has 0 aliphatic carbocycles. The van der Waals surface area contributed by atoms with Crippen LogP contribution in [0.1, 0.15) is 17.5 Å². The number of allylic oxidation sites excluding steroid dienone is 2. The first kappa shape index (κ1) is 19.8. The first-order chi connectivity index (χ1) is 12.9. The summed E-state index contributed by atoms with van der Waals surface area (Å²) in [4.78, 5) is 24.0. The van der Waals surface area contributed by atoms with Crippen molar-refractivity contribution in [2.24, 2.45) is 0 Å². The van der Waals surface area contributed by atoms with Gasteiger partial charge in [-0.25, -0.2) is 0 Å². The van der Waals surface area contributed by atoms with Crippen molar-refractivity contribution in [2.45, 2.75) is 6.42 Å². The van der Waals surface area contributed by atoms with Gasteiger partial charge in [0.15, 0.2) is 11.6 Å². The Morgan fingerprint density at radius 1 is 0.815 bits per heavy atom. The van der Waals surface area contributed by atoms with Crippen LogP contribution >= 0.6 is 0 Å². The molecule has 0 aliphatic rings. The van der Waals surface area contributed by atoms with Crippen molar-refractivity contribution in [3.8, 4) is 23.0 Å². The molecule has 0 atom stereocenters. The van der Waals surface area contributed by atoms with E-state index in [1.165, 1.54) is 62.8 Å². The zero-order chi connectivity index (χ0) is 19.8. The summed E-state index contributed by atoms with van der Waals surface area (Å²) < 4.78 is 10.3. The summed E-state index contributed by atoms with van der Waals surface area (Å²) >= 11 is 0. The van der Waals surface area contributed by atoms with Crippen molar-refractivity contribution >= 4 is 23.7 Å². The van der Waals surface area contributed by atoms with E-state index in [-0.39, 0.29) is 29.5 Å². The molecule has 0 unspecified atom stereocenters. The standard InChI is InChI=1S/C21H20O6/c1-26-20-12-18(24)9-5-14(20)3-7-16(22)11-17(23)8-4-15-6-10-19(25)13-21(15)27-2/h3-10,12-13,24-25H,11H2,1-2H3. The molecule has 0 fully saturated rings. The van der Waals surface area contributed by atoms with Crippen LogP contribution in [0, 0.1) is 0 Å². The highest BCUT2D eigenvalue weighted by molar-refractivity contribution is 6.11. The van der Waals surface area contributed by atoms with Crippen molar-refractivity contribution in [3.05, 3.63) is 59.7 Å². The molecule has 140 valence electrons. The van der Waals surface area contributed by atoms with Gasteiger partial charge in [-0.2, -0.15) is 0 Å². The number of benzene rings is 2. The Balaban J connectivity index is 2.01. The van der Waals surface area contributed by atoms with Gasteiger partial charge < -0.3 is 19.7 Å². The van der Waals surface area contributed by atoms with Crippen molar-refractivity contribution in [1.29, 1.82) is 0 Å². The van der Waals surface area contributed by atoms with Crippen LogP contribution in [0.3, 0.4) is 0 Å². The molecular formula is C21H20O6. The Morgan fingerprint density at radius 3 is 1.59 bits per heavy atom. The molecule has 6 nitrogen and oxygen atoms in total. The molecule has 0 saturated heterocycles. The average molecular weight is 368 g/mol. The minimum atomic E-state index is -0.363. The molecule has 2 rings (SSSR count). The second-order valence-electron chi connectivity index (χ2n) is 5.63. The van der Waals surface area contributed by atoms with Crippen molar-refractivity contribution < 1.29 is 29.3 Å². The van der Waals surface area contributed by atoms with Crippen LogP contribution in [0.4, 0.5) is 0 Å². The van der Waals surface area contributed by atoms with Crippen LogP contribution in [-0.4, -0.2) is 36.0 Å². The summed E-state index contributed by atoms with van der Waals surface area (Å²) in [6, 6.07) is 9.04. The second-order valence-corrected chi connectivity index (χ2v) is 5.63. The van der Waals surface area contributed by atoms with Gasteiger partial charge >= 0.3 is 0 Å². The SMILES string of the molecule is COc1cc(O)ccc1C=CC(=O)CC(=O)C=Cc1ccc(O)cc1OC. The number of carbonyl (C=O) groups excluding carboxylic acids is 2. The number of hydrogen-bond acceptors (Lipinski definition) is 6. The smallest absolute Gasteiger partial charge is 0.163 e. The predicted molar refractivity (Wildman–Crippen MR) is 102 cm³/mol. The van der Waals surface area contributed by atoms with Crippen LogP contribution in [-0.2, 0) is 9.59 Å². The van der Waals surface area contributed by atoms with E-state index in [1.807, 2.05) is 0 Å². The molecule has 0 spiro atoms. The van der Waals surface area contributed by atoms with Crippen LogP contribution < -0.4 is 9.47 Å². The topological polar surface area (TPSA) is 93.1 Å². The summed E-state index contributed by atoms with van der Waals surface area (Å²) in [5.41, 5.74) is 1.22. The largest absolute Gasteiger partial charge is 0.508 e. The third-order valence-corrected chi connectivity index (χ3v) is 3.68.